The van der Waals surface area contributed by atoms with Crippen LogP contribution in [0.4, 0.5) is 5.69 Å². The predicted octanol–water partition coefficient (Wildman–Crippen LogP) is 2.63. The lowest BCUT2D eigenvalue weighted by Gasteiger charge is -2.10. The lowest BCUT2D eigenvalue weighted by Crippen LogP contribution is -2.21. The summed E-state index contributed by atoms with van der Waals surface area (Å²) >= 11 is 5.63. The van der Waals surface area contributed by atoms with Gasteiger partial charge in [0.25, 0.3) is 5.91 Å². The van der Waals surface area contributed by atoms with E-state index in [4.69, 9.17) is 16.3 Å². The molecule has 25 heavy (non-hydrogen) atoms. The zero-order valence-electron chi connectivity index (χ0n) is 13.5. The molecule has 8 heteroatoms. The number of amides is 1. The number of rotatable bonds is 5. The smallest absolute Gasteiger partial charge is 0.340 e. The number of pyridine rings is 1. The molecule has 0 spiro atoms. The van der Waals surface area contributed by atoms with Crippen LogP contribution >= 0.6 is 11.6 Å². The Bertz CT molecular complexity index is 805. The van der Waals surface area contributed by atoms with E-state index in [1.165, 1.54) is 31.5 Å². The van der Waals surface area contributed by atoms with Gasteiger partial charge in [-0.15, -0.1) is 0 Å². The second kappa shape index (κ2) is 8.25. The number of hydrogen-bond donors (Lipinski definition) is 1. The molecule has 2 aromatic rings. The number of carbonyl (C=O) groups excluding carboxylic acids is 3. The van der Waals surface area contributed by atoms with Crippen LogP contribution in [0.1, 0.15) is 26.3 Å². The first-order chi connectivity index (χ1) is 11.9. The minimum atomic E-state index is -0.695. The predicted molar refractivity (Wildman–Crippen MR) is 90.7 cm³/mol. The number of esters is 2. The lowest BCUT2D eigenvalue weighted by atomic mass is 10.1. The largest absolute Gasteiger partial charge is 0.465 e. The molecule has 0 saturated heterocycles. The van der Waals surface area contributed by atoms with E-state index < -0.39 is 24.5 Å². The van der Waals surface area contributed by atoms with E-state index in [9.17, 15) is 14.4 Å². The summed E-state index contributed by atoms with van der Waals surface area (Å²) in [5.74, 6) is -1.75. The van der Waals surface area contributed by atoms with E-state index in [1.807, 2.05) is 0 Å². The van der Waals surface area contributed by atoms with E-state index in [2.05, 4.69) is 15.0 Å². The molecule has 1 N–H and O–H groups in total. The number of anilines is 1. The summed E-state index contributed by atoms with van der Waals surface area (Å²) in [7, 11) is 1.27. The van der Waals surface area contributed by atoms with Crippen molar-refractivity contribution in [1.29, 1.82) is 0 Å². The maximum atomic E-state index is 12.0. The summed E-state index contributed by atoms with van der Waals surface area (Å²) in [6.45, 7) is 1.28. The standard InChI is InChI=1S/C17H15ClN2O5/c1-10-3-4-11(16(22)24-2)7-13(10)20-15(21)9-25-17(23)12-5-6-14(18)19-8-12/h3-8H,9H2,1-2H3,(H,20,21). The molecule has 0 saturated carbocycles. The van der Waals surface area contributed by atoms with Crippen LogP contribution in [-0.2, 0) is 14.3 Å². The van der Waals surface area contributed by atoms with Gasteiger partial charge in [0.15, 0.2) is 6.61 Å². The summed E-state index contributed by atoms with van der Waals surface area (Å²) in [5, 5.41) is 2.83. The van der Waals surface area contributed by atoms with Crippen LogP contribution in [0.5, 0.6) is 0 Å². The Kier molecular flexibility index (Phi) is 6.08. The molecule has 0 atom stereocenters. The molecule has 1 heterocycles. The fourth-order valence-corrected chi connectivity index (χ4v) is 2.01. The van der Waals surface area contributed by atoms with E-state index in [0.29, 0.717) is 11.3 Å². The highest BCUT2D eigenvalue weighted by atomic mass is 35.5. The zero-order valence-corrected chi connectivity index (χ0v) is 14.3. The number of aryl methyl sites for hydroxylation is 1. The number of nitrogens with zero attached hydrogens (tertiary/aromatic N) is 1. The van der Waals surface area contributed by atoms with Crippen molar-refractivity contribution in [3.05, 3.63) is 58.4 Å². The van der Waals surface area contributed by atoms with Gasteiger partial charge in [0.2, 0.25) is 0 Å². The number of nitrogens with one attached hydrogen (secondary N) is 1. The molecular formula is C17H15ClN2O5. The van der Waals surface area contributed by atoms with Crippen LogP contribution in [0.25, 0.3) is 0 Å². The minimum Gasteiger partial charge on any atom is -0.465 e. The van der Waals surface area contributed by atoms with Crippen molar-refractivity contribution in [3.8, 4) is 0 Å². The molecule has 0 fully saturated rings. The topological polar surface area (TPSA) is 94.6 Å². The Labute approximate surface area is 148 Å². The molecule has 1 amide bonds. The number of aromatic nitrogens is 1. The van der Waals surface area contributed by atoms with Gasteiger partial charge in [0.05, 0.1) is 18.2 Å². The van der Waals surface area contributed by atoms with Crippen molar-refractivity contribution < 1.29 is 23.9 Å². The van der Waals surface area contributed by atoms with Crippen LogP contribution in [-0.4, -0.2) is 36.5 Å². The fourth-order valence-electron chi connectivity index (χ4n) is 1.90. The highest BCUT2D eigenvalue weighted by molar-refractivity contribution is 6.29. The van der Waals surface area contributed by atoms with E-state index >= 15 is 0 Å². The third kappa shape index (κ3) is 5.02. The van der Waals surface area contributed by atoms with Gasteiger partial charge in [-0.1, -0.05) is 17.7 Å². The van der Waals surface area contributed by atoms with Crippen LogP contribution < -0.4 is 5.32 Å². The minimum absolute atomic E-state index is 0.182. The Morgan fingerprint density at radius 3 is 2.48 bits per heavy atom. The van der Waals surface area contributed by atoms with Crippen molar-refractivity contribution >= 4 is 35.1 Å². The number of carbonyl (C=O) groups is 3. The van der Waals surface area contributed by atoms with Crippen LogP contribution in [0.15, 0.2) is 36.5 Å². The van der Waals surface area contributed by atoms with Crippen molar-refractivity contribution in [3.63, 3.8) is 0 Å². The summed E-state index contributed by atoms with van der Waals surface area (Å²) in [6, 6.07) is 7.64. The highest BCUT2D eigenvalue weighted by Gasteiger charge is 2.13. The molecule has 1 aromatic heterocycles. The van der Waals surface area contributed by atoms with Gasteiger partial charge in [-0.05, 0) is 36.8 Å². The van der Waals surface area contributed by atoms with Crippen molar-refractivity contribution in [1.82, 2.24) is 4.98 Å². The third-order valence-corrected chi connectivity index (χ3v) is 3.45. The van der Waals surface area contributed by atoms with Gasteiger partial charge >= 0.3 is 11.9 Å². The molecule has 0 radical (unpaired) electrons. The van der Waals surface area contributed by atoms with Gasteiger partial charge < -0.3 is 14.8 Å². The molecule has 130 valence electrons. The fraction of sp³-hybridized carbons (Fsp3) is 0.176. The van der Waals surface area contributed by atoms with Crippen LogP contribution in [0.2, 0.25) is 5.15 Å². The molecule has 0 aliphatic carbocycles. The maximum Gasteiger partial charge on any atom is 0.340 e. The van der Waals surface area contributed by atoms with Crippen molar-refractivity contribution in [2.45, 2.75) is 6.92 Å². The quantitative estimate of drug-likeness (QED) is 0.649. The molecule has 0 bridgehead atoms. The second-order valence-electron chi connectivity index (χ2n) is 5.02. The summed E-state index contributed by atoms with van der Waals surface area (Å²) < 4.78 is 9.55. The first-order valence-electron chi connectivity index (χ1n) is 7.18. The first-order valence-corrected chi connectivity index (χ1v) is 7.56. The van der Waals surface area contributed by atoms with Crippen molar-refractivity contribution in [2.75, 3.05) is 19.0 Å². The average Bonchev–Trinajstić information content (AvgIpc) is 2.61. The SMILES string of the molecule is COC(=O)c1ccc(C)c(NC(=O)COC(=O)c2ccc(Cl)nc2)c1. The molecule has 2 rings (SSSR count). The number of hydrogen-bond acceptors (Lipinski definition) is 6. The lowest BCUT2D eigenvalue weighted by molar-refractivity contribution is -0.119. The Morgan fingerprint density at radius 2 is 1.84 bits per heavy atom. The van der Waals surface area contributed by atoms with E-state index in [0.717, 1.165) is 5.56 Å². The van der Waals surface area contributed by atoms with Gasteiger partial charge in [-0.2, -0.15) is 0 Å². The van der Waals surface area contributed by atoms with E-state index in [1.54, 1.807) is 19.1 Å². The monoisotopic (exact) mass is 362 g/mol. The number of halogens is 1. The molecule has 0 aliphatic heterocycles. The Morgan fingerprint density at radius 1 is 1.12 bits per heavy atom. The van der Waals surface area contributed by atoms with E-state index in [-0.39, 0.29) is 10.7 Å². The highest BCUT2D eigenvalue weighted by Crippen LogP contribution is 2.17. The molecule has 1 aromatic carbocycles. The van der Waals surface area contributed by atoms with Crippen LogP contribution in [0, 0.1) is 6.92 Å². The molecular weight excluding hydrogens is 348 g/mol. The molecule has 0 unspecified atom stereocenters. The van der Waals surface area contributed by atoms with Gasteiger partial charge in [0.1, 0.15) is 5.15 Å². The number of benzene rings is 1. The number of ether oxygens (including phenoxy) is 2. The summed E-state index contributed by atoms with van der Waals surface area (Å²) in [5.41, 5.74) is 1.65. The van der Waals surface area contributed by atoms with Gasteiger partial charge in [-0.25, -0.2) is 14.6 Å². The van der Waals surface area contributed by atoms with Gasteiger partial charge in [0, 0.05) is 11.9 Å². The average molecular weight is 363 g/mol. The molecule has 0 aliphatic rings. The molecule has 7 nitrogen and oxygen atoms in total. The maximum absolute atomic E-state index is 12.0. The Balaban J connectivity index is 1.97. The third-order valence-electron chi connectivity index (χ3n) is 3.23. The normalized spacial score (nSPS) is 10.0. The Hall–Kier alpha value is -2.93. The number of methoxy groups -OCH3 is 1. The zero-order chi connectivity index (χ0) is 18.4. The summed E-state index contributed by atoms with van der Waals surface area (Å²) in [4.78, 5) is 39.1. The van der Waals surface area contributed by atoms with Crippen LogP contribution in [0.3, 0.4) is 0 Å². The van der Waals surface area contributed by atoms with Crippen molar-refractivity contribution in [2.24, 2.45) is 0 Å². The van der Waals surface area contributed by atoms with Gasteiger partial charge in [-0.3, -0.25) is 4.79 Å². The summed E-state index contributed by atoms with van der Waals surface area (Å²) in [6.07, 6.45) is 1.26. The second-order valence-corrected chi connectivity index (χ2v) is 5.40. The first kappa shape index (κ1) is 18.4.